The van der Waals surface area contributed by atoms with Crippen molar-refractivity contribution in [1.82, 2.24) is 4.90 Å². The number of aliphatic carboxylic acids is 1. The average Bonchev–Trinajstić information content (AvgIpc) is 2.29. The van der Waals surface area contributed by atoms with Crippen molar-refractivity contribution in [2.75, 3.05) is 7.05 Å². The Hall–Kier alpha value is -1.55. The van der Waals surface area contributed by atoms with Gasteiger partial charge in [-0.15, -0.1) is 0 Å². The third-order valence-electron chi connectivity index (χ3n) is 3.07. The van der Waals surface area contributed by atoms with Crippen molar-refractivity contribution in [1.29, 1.82) is 0 Å². The van der Waals surface area contributed by atoms with Crippen molar-refractivity contribution in [3.8, 4) is 5.75 Å². The molecule has 0 amide bonds. The van der Waals surface area contributed by atoms with Crippen LogP contribution in [0.15, 0.2) is 18.2 Å². The van der Waals surface area contributed by atoms with Crippen LogP contribution in [0, 0.1) is 0 Å². The highest BCUT2D eigenvalue weighted by molar-refractivity contribution is 5.67. The molecular formula is C14H21NO3. The monoisotopic (exact) mass is 251 g/mol. The molecule has 0 saturated carbocycles. The number of phenols is 1. The van der Waals surface area contributed by atoms with Gasteiger partial charge in [-0.3, -0.25) is 9.69 Å². The number of carboxylic acid groups (broad SMARTS) is 1. The molecule has 1 aromatic rings. The van der Waals surface area contributed by atoms with E-state index in [-0.39, 0.29) is 12.2 Å². The molecule has 1 aromatic carbocycles. The normalized spacial score (nSPS) is 11.2. The first-order valence-corrected chi connectivity index (χ1v) is 6.13. The molecule has 0 atom stereocenters. The first-order chi connectivity index (χ1) is 8.40. The second-order valence-corrected chi connectivity index (χ2v) is 4.87. The highest BCUT2D eigenvalue weighted by Crippen LogP contribution is 2.21. The van der Waals surface area contributed by atoms with Gasteiger partial charge in [-0.25, -0.2) is 0 Å². The Balaban J connectivity index is 2.76. The molecule has 0 aliphatic rings. The van der Waals surface area contributed by atoms with Crippen molar-refractivity contribution in [3.05, 3.63) is 29.3 Å². The zero-order valence-corrected chi connectivity index (χ0v) is 11.2. The Kier molecular flexibility index (Phi) is 5.16. The minimum absolute atomic E-state index is 0.0387. The number of benzene rings is 1. The van der Waals surface area contributed by atoms with E-state index >= 15 is 0 Å². The lowest BCUT2D eigenvalue weighted by atomic mass is 10.0. The summed E-state index contributed by atoms with van der Waals surface area (Å²) in [6.07, 6.45) is 0.400. The number of hydrogen-bond donors (Lipinski definition) is 2. The summed E-state index contributed by atoms with van der Waals surface area (Å²) in [5.74, 6) is -0.675. The molecule has 0 saturated heterocycles. The van der Waals surface area contributed by atoms with Crippen LogP contribution in [0.2, 0.25) is 0 Å². The van der Waals surface area contributed by atoms with Crippen LogP contribution in [0.3, 0.4) is 0 Å². The summed E-state index contributed by atoms with van der Waals surface area (Å²) in [5.41, 5.74) is 1.79. The fourth-order valence-electron chi connectivity index (χ4n) is 1.65. The summed E-state index contributed by atoms with van der Waals surface area (Å²) in [4.78, 5) is 12.7. The van der Waals surface area contributed by atoms with Gasteiger partial charge in [-0.2, -0.15) is 0 Å². The SMILES string of the molecule is CC(C)N(C)Cc1ccc(O)c(CCC(=O)O)c1. The van der Waals surface area contributed by atoms with E-state index in [0.29, 0.717) is 18.0 Å². The summed E-state index contributed by atoms with van der Waals surface area (Å²) >= 11 is 0. The van der Waals surface area contributed by atoms with E-state index in [1.54, 1.807) is 6.07 Å². The van der Waals surface area contributed by atoms with Gasteiger partial charge in [0, 0.05) is 19.0 Å². The van der Waals surface area contributed by atoms with Crippen molar-refractivity contribution in [2.24, 2.45) is 0 Å². The van der Waals surface area contributed by atoms with Crippen LogP contribution in [-0.4, -0.2) is 34.2 Å². The molecule has 0 fully saturated rings. The zero-order valence-electron chi connectivity index (χ0n) is 11.2. The van der Waals surface area contributed by atoms with E-state index in [2.05, 4.69) is 18.7 Å². The second-order valence-electron chi connectivity index (χ2n) is 4.87. The Labute approximate surface area is 108 Å². The molecule has 0 heterocycles. The quantitative estimate of drug-likeness (QED) is 0.814. The number of phenolic OH excluding ortho intramolecular Hbond substituents is 1. The molecule has 0 bridgehead atoms. The molecule has 0 aliphatic heterocycles. The van der Waals surface area contributed by atoms with Crippen molar-refractivity contribution >= 4 is 5.97 Å². The molecule has 4 heteroatoms. The molecule has 100 valence electrons. The van der Waals surface area contributed by atoms with Gasteiger partial charge in [-0.05, 0) is 44.5 Å². The predicted molar refractivity (Wildman–Crippen MR) is 70.7 cm³/mol. The van der Waals surface area contributed by atoms with Crippen LogP contribution >= 0.6 is 0 Å². The van der Waals surface area contributed by atoms with Gasteiger partial charge < -0.3 is 10.2 Å². The number of carbonyl (C=O) groups is 1. The maximum absolute atomic E-state index is 10.5. The van der Waals surface area contributed by atoms with Gasteiger partial charge in [0.15, 0.2) is 0 Å². The summed E-state index contributed by atoms with van der Waals surface area (Å²) in [7, 11) is 2.04. The van der Waals surface area contributed by atoms with E-state index in [0.717, 1.165) is 12.1 Å². The van der Waals surface area contributed by atoms with E-state index in [9.17, 15) is 9.90 Å². The topological polar surface area (TPSA) is 60.8 Å². The average molecular weight is 251 g/mol. The first-order valence-electron chi connectivity index (χ1n) is 6.13. The number of nitrogens with zero attached hydrogens (tertiary/aromatic N) is 1. The molecule has 18 heavy (non-hydrogen) atoms. The third-order valence-corrected chi connectivity index (χ3v) is 3.07. The molecule has 0 aliphatic carbocycles. The van der Waals surface area contributed by atoms with E-state index in [4.69, 9.17) is 5.11 Å². The van der Waals surface area contributed by atoms with Crippen LogP contribution in [-0.2, 0) is 17.8 Å². The number of hydrogen-bond acceptors (Lipinski definition) is 3. The Morgan fingerprint density at radius 2 is 2.06 bits per heavy atom. The molecule has 4 nitrogen and oxygen atoms in total. The van der Waals surface area contributed by atoms with Crippen molar-refractivity contribution in [2.45, 2.75) is 39.3 Å². The van der Waals surface area contributed by atoms with Crippen LogP contribution in [0.1, 0.15) is 31.4 Å². The number of aromatic hydroxyl groups is 1. The highest BCUT2D eigenvalue weighted by atomic mass is 16.4. The Bertz CT molecular complexity index is 416. The van der Waals surface area contributed by atoms with E-state index < -0.39 is 5.97 Å². The third kappa shape index (κ3) is 4.37. The van der Waals surface area contributed by atoms with Crippen LogP contribution in [0.25, 0.3) is 0 Å². The fourth-order valence-corrected chi connectivity index (χ4v) is 1.65. The smallest absolute Gasteiger partial charge is 0.303 e. The number of rotatable bonds is 6. The lowest BCUT2D eigenvalue weighted by Gasteiger charge is -2.21. The molecule has 0 spiro atoms. The maximum atomic E-state index is 10.5. The molecule has 0 radical (unpaired) electrons. The lowest BCUT2D eigenvalue weighted by Crippen LogP contribution is -2.25. The maximum Gasteiger partial charge on any atom is 0.303 e. The predicted octanol–water partition coefficient (Wildman–Crippen LogP) is 2.25. The van der Waals surface area contributed by atoms with E-state index in [1.807, 2.05) is 19.2 Å². The molecular weight excluding hydrogens is 230 g/mol. The zero-order chi connectivity index (χ0) is 13.7. The van der Waals surface area contributed by atoms with Gasteiger partial charge in [0.05, 0.1) is 0 Å². The van der Waals surface area contributed by atoms with Gasteiger partial charge in [0.2, 0.25) is 0 Å². The lowest BCUT2D eigenvalue weighted by molar-refractivity contribution is -0.136. The summed E-state index contributed by atoms with van der Waals surface area (Å²) < 4.78 is 0. The van der Waals surface area contributed by atoms with Gasteiger partial charge >= 0.3 is 5.97 Å². The van der Waals surface area contributed by atoms with E-state index in [1.165, 1.54) is 0 Å². The minimum atomic E-state index is -0.848. The van der Waals surface area contributed by atoms with Gasteiger partial charge in [0.1, 0.15) is 5.75 Å². The van der Waals surface area contributed by atoms with Crippen LogP contribution in [0.4, 0.5) is 0 Å². The summed E-state index contributed by atoms with van der Waals surface area (Å²) in [5, 5.41) is 18.3. The number of carboxylic acids is 1. The number of aryl methyl sites for hydroxylation is 1. The molecule has 0 aromatic heterocycles. The van der Waals surface area contributed by atoms with Crippen molar-refractivity contribution in [3.63, 3.8) is 0 Å². The molecule has 2 N–H and O–H groups in total. The largest absolute Gasteiger partial charge is 0.508 e. The highest BCUT2D eigenvalue weighted by Gasteiger charge is 2.08. The summed E-state index contributed by atoms with van der Waals surface area (Å²) in [6.45, 7) is 5.02. The molecule has 0 unspecified atom stereocenters. The van der Waals surface area contributed by atoms with Crippen LogP contribution < -0.4 is 0 Å². The van der Waals surface area contributed by atoms with Crippen LogP contribution in [0.5, 0.6) is 5.75 Å². The van der Waals surface area contributed by atoms with Crippen molar-refractivity contribution < 1.29 is 15.0 Å². The summed E-state index contributed by atoms with van der Waals surface area (Å²) in [6, 6.07) is 5.84. The Morgan fingerprint density at radius 1 is 1.39 bits per heavy atom. The first kappa shape index (κ1) is 14.5. The van der Waals surface area contributed by atoms with Gasteiger partial charge in [-0.1, -0.05) is 12.1 Å². The second kappa shape index (κ2) is 6.40. The molecule has 1 rings (SSSR count). The Morgan fingerprint density at radius 3 is 2.61 bits per heavy atom. The van der Waals surface area contributed by atoms with Gasteiger partial charge in [0.25, 0.3) is 0 Å². The fraction of sp³-hybridized carbons (Fsp3) is 0.500. The minimum Gasteiger partial charge on any atom is -0.508 e. The standard InChI is InChI=1S/C14H21NO3/c1-10(2)15(3)9-11-4-6-13(16)12(8-11)5-7-14(17)18/h4,6,8,10,16H,5,7,9H2,1-3H3,(H,17,18).